The SMILES string of the molecule is CC(=O)C(=C=[N-])c1ccccc1. The minimum absolute atomic E-state index is 0.191. The van der Waals surface area contributed by atoms with Gasteiger partial charge in [0.1, 0.15) is 0 Å². The molecule has 0 aliphatic rings. The molecule has 0 aromatic heterocycles. The molecule has 0 aliphatic heterocycles. The minimum Gasteiger partial charge on any atom is -0.763 e. The monoisotopic (exact) mass is 158 g/mol. The smallest absolute Gasteiger partial charge is 0.166 e. The average molecular weight is 158 g/mol. The molecule has 0 saturated heterocycles. The maximum absolute atomic E-state index is 10.9. The Bertz CT molecular complexity index is 334. The third-order valence-electron chi connectivity index (χ3n) is 1.53. The first-order chi connectivity index (χ1) is 5.75. The van der Waals surface area contributed by atoms with Gasteiger partial charge in [0, 0.05) is 5.57 Å². The van der Waals surface area contributed by atoms with Crippen LogP contribution >= 0.6 is 0 Å². The summed E-state index contributed by atoms with van der Waals surface area (Å²) in [6.07, 6.45) is 0. The molecule has 2 nitrogen and oxygen atoms in total. The fourth-order valence-corrected chi connectivity index (χ4v) is 0.951. The lowest BCUT2D eigenvalue weighted by Gasteiger charge is -2.00. The van der Waals surface area contributed by atoms with Gasteiger partial charge in [0.15, 0.2) is 5.78 Å². The number of benzene rings is 1. The molecule has 0 atom stereocenters. The van der Waals surface area contributed by atoms with E-state index in [9.17, 15) is 4.79 Å². The molecular formula is C10H8NO-. The molecule has 0 heterocycles. The molecule has 0 saturated carbocycles. The molecule has 12 heavy (non-hydrogen) atoms. The lowest BCUT2D eigenvalue weighted by Crippen LogP contribution is -1.95. The van der Waals surface area contributed by atoms with Crippen LogP contribution in [0.15, 0.2) is 30.3 Å². The van der Waals surface area contributed by atoms with Crippen LogP contribution in [-0.2, 0) is 4.79 Å². The van der Waals surface area contributed by atoms with E-state index in [1.807, 2.05) is 11.9 Å². The average Bonchev–Trinajstić information content (AvgIpc) is 2.07. The van der Waals surface area contributed by atoms with Crippen LogP contribution in [-0.4, -0.2) is 11.7 Å². The molecule has 0 spiro atoms. The summed E-state index contributed by atoms with van der Waals surface area (Å²) in [6, 6.07) is 8.95. The van der Waals surface area contributed by atoms with Gasteiger partial charge in [-0.3, -0.25) is 10.7 Å². The minimum atomic E-state index is -0.191. The summed E-state index contributed by atoms with van der Waals surface area (Å²) in [5.74, 6) is 1.69. The van der Waals surface area contributed by atoms with Crippen LogP contribution < -0.4 is 0 Å². The summed E-state index contributed by atoms with van der Waals surface area (Å²) in [6.45, 7) is 1.39. The fourth-order valence-electron chi connectivity index (χ4n) is 0.951. The number of rotatable bonds is 2. The highest BCUT2D eigenvalue weighted by molar-refractivity contribution is 6.28. The van der Waals surface area contributed by atoms with Crippen molar-refractivity contribution >= 4 is 17.2 Å². The number of carbonyl (C=O) groups is 1. The van der Waals surface area contributed by atoms with Crippen LogP contribution in [0.3, 0.4) is 0 Å². The summed E-state index contributed by atoms with van der Waals surface area (Å²) in [5, 5.41) is 8.64. The zero-order chi connectivity index (χ0) is 8.97. The number of hydrogen-bond donors (Lipinski definition) is 0. The third kappa shape index (κ3) is 1.68. The zero-order valence-electron chi connectivity index (χ0n) is 6.74. The van der Waals surface area contributed by atoms with Crippen LogP contribution in [0.25, 0.3) is 11.0 Å². The standard InChI is InChI=1S/C10H8NO/c1-8(12)10(7-11)9-5-3-2-4-6-9/h2-6H,1H3/q-1. The van der Waals surface area contributed by atoms with Crippen molar-refractivity contribution in [2.75, 3.05) is 0 Å². The Labute approximate surface area is 71.0 Å². The molecular weight excluding hydrogens is 150 g/mol. The number of ketones is 1. The molecule has 0 amide bonds. The van der Waals surface area contributed by atoms with E-state index in [-0.39, 0.29) is 11.4 Å². The second-order valence-corrected chi connectivity index (χ2v) is 2.41. The van der Waals surface area contributed by atoms with Gasteiger partial charge >= 0.3 is 0 Å². The van der Waals surface area contributed by atoms with Crippen LogP contribution in [0.2, 0.25) is 0 Å². The van der Waals surface area contributed by atoms with Crippen molar-refractivity contribution in [2.45, 2.75) is 6.92 Å². The molecule has 0 radical (unpaired) electrons. The first kappa shape index (κ1) is 8.44. The van der Waals surface area contributed by atoms with Crippen molar-refractivity contribution < 1.29 is 4.79 Å². The van der Waals surface area contributed by atoms with Gasteiger partial charge in [-0.15, -0.1) is 0 Å². The van der Waals surface area contributed by atoms with E-state index in [0.29, 0.717) is 5.56 Å². The quantitative estimate of drug-likeness (QED) is 0.478. The van der Waals surface area contributed by atoms with Gasteiger partial charge in [-0.2, -0.15) is 0 Å². The molecule has 0 N–H and O–H groups in total. The van der Waals surface area contributed by atoms with E-state index in [1.54, 1.807) is 24.3 Å². The summed E-state index contributed by atoms with van der Waals surface area (Å²) in [5.41, 5.74) is 0.906. The van der Waals surface area contributed by atoms with Gasteiger partial charge in [0.05, 0.1) is 0 Å². The Kier molecular flexibility index (Phi) is 2.57. The van der Waals surface area contributed by atoms with Crippen molar-refractivity contribution in [1.82, 2.24) is 0 Å². The molecule has 1 aromatic carbocycles. The molecule has 60 valence electrons. The molecule has 0 unspecified atom stereocenters. The first-order valence-electron chi connectivity index (χ1n) is 3.59. The highest BCUT2D eigenvalue weighted by Gasteiger charge is 2.02. The van der Waals surface area contributed by atoms with Crippen molar-refractivity contribution in [3.8, 4) is 0 Å². The van der Waals surface area contributed by atoms with E-state index in [4.69, 9.17) is 5.41 Å². The van der Waals surface area contributed by atoms with E-state index < -0.39 is 0 Å². The largest absolute Gasteiger partial charge is 0.763 e. The lowest BCUT2D eigenvalue weighted by atomic mass is 10.0. The van der Waals surface area contributed by atoms with E-state index in [1.165, 1.54) is 6.92 Å². The Morgan fingerprint density at radius 3 is 2.33 bits per heavy atom. The fraction of sp³-hybridized carbons (Fsp3) is 0.100. The normalized spacial score (nSPS) is 8.75. The maximum atomic E-state index is 10.9. The van der Waals surface area contributed by atoms with Crippen molar-refractivity contribution in [1.29, 1.82) is 0 Å². The van der Waals surface area contributed by atoms with Crippen molar-refractivity contribution in [3.05, 3.63) is 41.3 Å². The maximum Gasteiger partial charge on any atom is 0.166 e. The second kappa shape index (κ2) is 3.65. The van der Waals surface area contributed by atoms with Gasteiger partial charge in [-0.05, 0) is 12.5 Å². The molecule has 0 aliphatic carbocycles. The highest BCUT2D eigenvalue weighted by atomic mass is 16.1. The number of nitrogens with zero attached hydrogens (tertiary/aromatic N) is 1. The second-order valence-electron chi connectivity index (χ2n) is 2.41. The van der Waals surface area contributed by atoms with Gasteiger partial charge in [0.25, 0.3) is 0 Å². The predicted octanol–water partition coefficient (Wildman–Crippen LogP) is 1.90. The number of allylic oxidation sites excluding steroid dienone is 1. The highest BCUT2D eigenvalue weighted by Crippen LogP contribution is 2.10. The number of carbonyl (C=O) groups excluding carboxylic acids is 1. The van der Waals surface area contributed by atoms with Crippen LogP contribution in [0.4, 0.5) is 0 Å². The van der Waals surface area contributed by atoms with Crippen LogP contribution in [0.5, 0.6) is 0 Å². The van der Waals surface area contributed by atoms with Crippen LogP contribution in [0, 0.1) is 0 Å². The molecule has 0 bridgehead atoms. The summed E-state index contributed by atoms with van der Waals surface area (Å²) < 4.78 is 0. The molecule has 1 rings (SSSR count). The molecule has 0 fully saturated rings. The third-order valence-corrected chi connectivity index (χ3v) is 1.53. The van der Waals surface area contributed by atoms with E-state index in [0.717, 1.165) is 0 Å². The number of Topliss-reactive ketones (excluding diaryl/α,β-unsaturated/α-hetero) is 1. The summed E-state index contributed by atoms with van der Waals surface area (Å²) >= 11 is 0. The Morgan fingerprint density at radius 2 is 1.92 bits per heavy atom. The molecule has 1 aromatic rings. The van der Waals surface area contributed by atoms with Crippen molar-refractivity contribution in [2.24, 2.45) is 0 Å². The summed E-state index contributed by atoms with van der Waals surface area (Å²) in [4.78, 5) is 10.9. The van der Waals surface area contributed by atoms with Crippen molar-refractivity contribution in [3.63, 3.8) is 0 Å². The van der Waals surface area contributed by atoms with E-state index >= 15 is 0 Å². The van der Waals surface area contributed by atoms with Gasteiger partial charge in [0.2, 0.25) is 0 Å². The van der Waals surface area contributed by atoms with Crippen LogP contribution in [0.1, 0.15) is 12.5 Å². The topological polar surface area (TPSA) is 39.4 Å². The number of hydrogen-bond acceptors (Lipinski definition) is 1. The zero-order valence-corrected chi connectivity index (χ0v) is 6.74. The van der Waals surface area contributed by atoms with Gasteiger partial charge in [-0.1, -0.05) is 30.3 Å². The predicted molar refractivity (Wildman–Crippen MR) is 48.9 cm³/mol. The molecule has 2 heteroatoms. The summed E-state index contributed by atoms with van der Waals surface area (Å²) in [7, 11) is 0. The lowest BCUT2D eigenvalue weighted by molar-refractivity contribution is -0.111. The Hall–Kier alpha value is -1.66. The van der Waals surface area contributed by atoms with Gasteiger partial charge in [-0.25, -0.2) is 0 Å². The first-order valence-corrected chi connectivity index (χ1v) is 3.59. The van der Waals surface area contributed by atoms with Gasteiger partial charge < -0.3 is 5.41 Å². The van der Waals surface area contributed by atoms with E-state index in [2.05, 4.69) is 0 Å². The Morgan fingerprint density at radius 1 is 1.33 bits per heavy atom. The Balaban J connectivity index is 3.14.